The summed E-state index contributed by atoms with van der Waals surface area (Å²) in [6, 6.07) is 3.54. The minimum absolute atomic E-state index is 0.0745. The molecule has 2 N–H and O–H groups in total. The zero-order chi connectivity index (χ0) is 15.9. The summed E-state index contributed by atoms with van der Waals surface area (Å²) < 4.78 is 39.1. The first-order chi connectivity index (χ1) is 9.86. The van der Waals surface area contributed by atoms with Gasteiger partial charge in [-0.2, -0.15) is 4.72 Å². The van der Waals surface area contributed by atoms with Gasteiger partial charge >= 0.3 is 0 Å². The molecule has 1 rings (SSSR count). The van der Waals surface area contributed by atoms with Gasteiger partial charge in [-0.25, -0.2) is 12.8 Å². The van der Waals surface area contributed by atoms with Crippen LogP contribution in [-0.4, -0.2) is 26.9 Å². The van der Waals surface area contributed by atoms with E-state index in [1.165, 1.54) is 6.92 Å². The molecule has 5 nitrogen and oxygen atoms in total. The van der Waals surface area contributed by atoms with Gasteiger partial charge in [0, 0.05) is 6.54 Å². The van der Waals surface area contributed by atoms with Gasteiger partial charge in [0.1, 0.15) is 5.82 Å². The van der Waals surface area contributed by atoms with Gasteiger partial charge in [0.15, 0.2) is 0 Å². The molecular formula is C14H21FN2O3S. The molecule has 0 radical (unpaired) electrons. The van der Waals surface area contributed by atoms with Gasteiger partial charge < -0.3 is 5.32 Å². The zero-order valence-electron chi connectivity index (χ0n) is 12.2. The first-order valence-corrected chi connectivity index (χ1v) is 8.40. The van der Waals surface area contributed by atoms with Crippen LogP contribution in [-0.2, 0) is 14.8 Å². The number of sulfonamides is 1. The zero-order valence-corrected chi connectivity index (χ0v) is 13.0. The highest BCUT2D eigenvalue weighted by molar-refractivity contribution is 7.89. The molecule has 1 aromatic rings. The Morgan fingerprint density at radius 2 is 1.86 bits per heavy atom. The third-order valence-electron chi connectivity index (χ3n) is 2.93. The fourth-order valence-electron chi connectivity index (χ4n) is 1.71. The third-order valence-corrected chi connectivity index (χ3v) is 4.49. The highest BCUT2D eigenvalue weighted by atomic mass is 32.2. The number of hydrogen-bond donors (Lipinski definition) is 2. The molecule has 0 bridgehead atoms. The van der Waals surface area contributed by atoms with Crippen molar-refractivity contribution < 1.29 is 17.6 Å². The number of hydrogen-bond acceptors (Lipinski definition) is 3. The number of carbonyl (C=O) groups is 1. The van der Waals surface area contributed by atoms with Crippen molar-refractivity contribution in [1.82, 2.24) is 10.0 Å². The Morgan fingerprint density at radius 3 is 2.43 bits per heavy atom. The van der Waals surface area contributed by atoms with Crippen molar-refractivity contribution in [2.24, 2.45) is 0 Å². The number of benzene rings is 1. The SMILES string of the molecule is CCCCCNC(=O)[C@H](C)NS(=O)(=O)c1ccc(F)cc1. The number of amides is 1. The Labute approximate surface area is 125 Å². The number of nitrogens with one attached hydrogen (secondary N) is 2. The minimum atomic E-state index is -3.83. The summed E-state index contributed by atoms with van der Waals surface area (Å²) in [5.41, 5.74) is 0. The summed E-state index contributed by atoms with van der Waals surface area (Å²) in [6.07, 6.45) is 2.91. The Hall–Kier alpha value is -1.47. The van der Waals surface area contributed by atoms with Crippen LogP contribution in [0.4, 0.5) is 4.39 Å². The first kappa shape index (κ1) is 17.6. The predicted molar refractivity (Wildman–Crippen MR) is 78.7 cm³/mol. The molecule has 0 fully saturated rings. The molecule has 7 heteroatoms. The van der Waals surface area contributed by atoms with Crippen molar-refractivity contribution in [3.8, 4) is 0 Å². The van der Waals surface area contributed by atoms with E-state index in [0.29, 0.717) is 6.54 Å². The van der Waals surface area contributed by atoms with Gasteiger partial charge in [-0.15, -0.1) is 0 Å². The summed E-state index contributed by atoms with van der Waals surface area (Å²) in [4.78, 5) is 11.7. The lowest BCUT2D eigenvalue weighted by atomic mass is 10.2. The van der Waals surface area contributed by atoms with Crippen LogP contribution in [0.2, 0.25) is 0 Å². The van der Waals surface area contributed by atoms with Crippen LogP contribution < -0.4 is 10.0 Å². The maximum absolute atomic E-state index is 12.8. The molecule has 0 saturated heterocycles. The van der Waals surface area contributed by atoms with Gasteiger partial charge in [-0.3, -0.25) is 4.79 Å². The fourth-order valence-corrected chi connectivity index (χ4v) is 2.91. The van der Waals surface area contributed by atoms with E-state index >= 15 is 0 Å². The normalized spacial score (nSPS) is 12.9. The number of rotatable bonds is 8. The van der Waals surface area contributed by atoms with Crippen LogP contribution in [0.25, 0.3) is 0 Å². The highest BCUT2D eigenvalue weighted by Crippen LogP contribution is 2.10. The Bertz CT molecular complexity index is 558. The second-order valence-electron chi connectivity index (χ2n) is 4.80. The number of carbonyl (C=O) groups excluding carboxylic acids is 1. The van der Waals surface area contributed by atoms with Gasteiger partial charge in [0.25, 0.3) is 0 Å². The van der Waals surface area contributed by atoms with Gasteiger partial charge in [-0.05, 0) is 37.6 Å². The molecule has 0 saturated carbocycles. The lowest BCUT2D eigenvalue weighted by Gasteiger charge is -2.14. The largest absolute Gasteiger partial charge is 0.355 e. The van der Waals surface area contributed by atoms with E-state index in [1.807, 2.05) is 0 Å². The summed E-state index contributed by atoms with van der Waals surface area (Å²) in [5.74, 6) is -0.896. The van der Waals surface area contributed by atoms with Gasteiger partial charge in [0.2, 0.25) is 15.9 Å². The van der Waals surface area contributed by atoms with Crippen LogP contribution in [0, 0.1) is 5.82 Å². The molecule has 0 heterocycles. The van der Waals surface area contributed by atoms with Crippen LogP contribution in [0.15, 0.2) is 29.2 Å². The van der Waals surface area contributed by atoms with Crippen molar-refractivity contribution in [2.75, 3.05) is 6.54 Å². The van der Waals surface area contributed by atoms with E-state index in [-0.39, 0.29) is 10.8 Å². The molecule has 0 aliphatic heterocycles. The molecule has 0 unspecified atom stereocenters. The van der Waals surface area contributed by atoms with Crippen molar-refractivity contribution in [3.63, 3.8) is 0 Å². The van der Waals surface area contributed by atoms with Gasteiger partial charge in [0.05, 0.1) is 10.9 Å². The Kier molecular flexibility index (Phi) is 6.77. The molecule has 21 heavy (non-hydrogen) atoms. The monoisotopic (exact) mass is 316 g/mol. The van der Waals surface area contributed by atoms with Crippen molar-refractivity contribution in [3.05, 3.63) is 30.1 Å². The average molecular weight is 316 g/mol. The van der Waals surface area contributed by atoms with Crippen LogP contribution >= 0.6 is 0 Å². The van der Waals surface area contributed by atoms with E-state index in [2.05, 4.69) is 17.0 Å². The number of unbranched alkanes of at least 4 members (excludes halogenated alkanes) is 2. The van der Waals surface area contributed by atoms with E-state index in [1.54, 1.807) is 0 Å². The second kappa shape index (κ2) is 8.09. The lowest BCUT2D eigenvalue weighted by Crippen LogP contribution is -2.44. The van der Waals surface area contributed by atoms with Crippen molar-refractivity contribution in [2.45, 2.75) is 44.0 Å². The fraction of sp³-hybridized carbons (Fsp3) is 0.500. The number of halogens is 1. The summed E-state index contributed by atoms with van der Waals surface area (Å²) in [5, 5.41) is 2.67. The molecule has 118 valence electrons. The second-order valence-corrected chi connectivity index (χ2v) is 6.51. The summed E-state index contributed by atoms with van der Waals surface area (Å²) >= 11 is 0. The van der Waals surface area contributed by atoms with E-state index < -0.39 is 21.9 Å². The van der Waals surface area contributed by atoms with E-state index in [0.717, 1.165) is 43.5 Å². The molecule has 0 aromatic heterocycles. The highest BCUT2D eigenvalue weighted by Gasteiger charge is 2.21. The average Bonchev–Trinajstić information content (AvgIpc) is 2.43. The molecule has 1 amide bonds. The molecule has 0 aliphatic rings. The first-order valence-electron chi connectivity index (χ1n) is 6.92. The van der Waals surface area contributed by atoms with E-state index in [4.69, 9.17) is 0 Å². The Morgan fingerprint density at radius 1 is 1.24 bits per heavy atom. The molecule has 1 atom stereocenters. The van der Waals surface area contributed by atoms with Crippen molar-refractivity contribution in [1.29, 1.82) is 0 Å². The molecule has 1 aromatic carbocycles. The lowest BCUT2D eigenvalue weighted by molar-refractivity contribution is -0.122. The van der Waals surface area contributed by atoms with Crippen molar-refractivity contribution >= 4 is 15.9 Å². The standard InChI is InChI=1S/C14H21FN2O3S/c1-3-4-5-10-16-14(18)11(2)17-21(19,20)13-8-6-12(15)7-9-13/h6-9,11,17H,3-5,10H2,1-2H3,(H,16,18)/t11-/m0/s1. The van der Waals surface area contributed by atoms with E-state index in [9.17, 15) is 17.6 Å². The quantitative estimate of drug-likeness (QED) is 0.718. The third kappa shape index (κ3) is 5.81. The topological polar surface area (TPSA) is 75.3 Å². The maximum Gasteiger partial charge on any atom is 0.241 e. The molecule has 0 aliphatic carbocycles. The molecular weight excluding hydrogens is 295 g/mol. The summed E-state index contributed by atoms with van der Waals surface area (Å²) in [7, 11) is -3.83. The van der Waals surface area contributed by atoms with Crippen LogP contribution in [0.1, 0.15) is 33.1 Å². The maximum atomic E-state index is 12.8. The predicted octanol–water partition coefficient (Wildman–Crippen LogP) is 1.80. The van der Waals surface area contributed by atoms with Gasteiger partial charge in [-0.1, -0.05) is 19.8 Å². The smallest absolute Gasteiger partial charge is 0.241 e. The molecule has 0 spiro atoms. The minimum Gasteiger partial charge on any atom is -0.355 e. The van der Waals surface area contributed by atoms with Crippen LogP contribution in [0.5, 0.6) is 0 Å². The summed E-state index contributed by atoms with van der Waals surface area (Å²) in [6.45, 7) is 4.05. The Balaban J connectivity index is 2.58. The van der Waals surface area contributed by atoms with Crippen LogP contribution in [0.3, 0.4) is 0 Å².